The lowest BCUT2D eigenvalue weighted by molar-refractivity contribution is -0.129. The van der Waals surface area contributed by atoms with Gasteiger partial charge in [0.2, 0.25) is 5.91 Å². The van der Waals surface area contributed by atoms with E-state index in [2.05, 4.69) is 5.32 Å². The molecule has 19 heavy (non-hydrogen) atoms. The number of carbonyl (C=O) groups excluding carboxylic acids is 1. The van der Waals surface area contributed by atoms with E-state index in [9.17, 15) is 15.0 Å². The molecule has 1 aromatic carbocycles. The number of nitrogens with one attached hydrogen (secondary N) is 1. The first-order chi connectivity index (χ1) is 9.06. The number of rotatable bonds is 4. The zero-order valence-corrected chi connectivity index (χ0v) is 11.1. The van der Waals surface area contributed by atoms with E-state index in [4.69, 9.17) is 0 Å². The quantitative estimate of drug-likeness (QED) is 0.768. The van der Waals surface area contributed by atoms with Gasteiger partial charge in [0, 0.05) is 25.2 Å². The Morgan fingerprint density at radius 3 is 2.42 bits per heavy atom. The molecule has 1 atom stereocenters. The molecule has 1 fully saturated rings. The van der Waals surface area contributed by atoms with E-state index < -0.39 is 0 Å². The average Bonchev–Trinajstić information content (AvgIpc) is 2.88. The van der Waals surface area contributed by atoms with Crippen LogP contribution in [0, 0.1) is 0 Å². The highest BCUT2D eigenvalue weighted by Gasteiger charge is 2.18. The molecule has 1 aromatic rings. The number of phenols is 2. The summed E-state index contributed by atoms with van der Waals surface area (Å²) < 4.78 is 0. The molecule has 1 aliphatic rings. The number of carbonyl (C=O) groups is 1. The lowest BCUT2D eigenvalue weighted by Gasteiger charge is -2.19. The smallest absolute Gasteiger partial charge is 0.236 e. The third kappa shape index (κ3) is 3.61. The highest BCUT2D eigenvalue weighted by Crippen LogP contribution is 2.24. The predicted octanol–water partition coefficient (Wildman–Crippen LogP) is 1.37. The molecule has 2 rings (SSSR count). The summed E-state index contributed by atoms with van der Waals surface area (Å²) in [6.45, 7) is 3.87. The van der Waals surface area contributed by atoms with Crippen LogP contribution in [-0.4, -0.2) is 40.7 Å². The van der Waals surface area contributed by atoms with Crippen molar-refractivity contribution in [1.29, 1.82) is 0 Å². The van der Waals surface area contributed by atoms with Crippen LogP contribution in [0.25, 0.3) is 0 Å². The van der Waals surface area contributed by atoms with Gasteiger partial charge in [-0.05, 0) is 37.5 Å². The first kappa shape index (κ1) is 13.7. The lowest BCUT2D eigenvalue weighted by atomic mass is 10.1. The topological polar surface area (TPSA) is 72.8 Å². The van der Waals surface area contributed by atoms with Gasteiger partial charge in [-0.3, -0.25) is 4.79 Å². The van der Waals surface area contributed by atoms with Crippen molar-refractivity contribution in [3.05, 3.63) is 23.8 Å². The van der Waals surface area contributed by atoms with Gasteiger partial charge < -0.3 is 20.4 Å². The summed E-state index contributed by atoms with van der Waals surface area (Å²) in [5, 5.41) is 22.0. The summed E-state index contributed by atoms with van der Waals surface area (Å²) >= 11 is 0. The second-order valence-corrected chi connectivity index (χ2v) is 4.97. The van der Waals surface area contributed by atoms with Crippen LogP contribution < -0.4 is 5.32 Å². The van der Waals surface area contributed by atoms with E-state index in [0.717, 1.165) is 31.5 Å². The molecule has 1 heterocycles. The maximum atomic E-state index is 11.9. The molecule has 5 heteroatoms. The van der Waals surface area contributed by atoms with Crippen LogP contribution in [0.4, 0.5) is 0 Å². The average molecular weight is 264 g/mol. The molecule has 0 radical (unpaired) electrons. The molecule has 0 spiro atoms. The minimum Gasteiger partial charge on any atom is -0.508 e. The Balaban J connectivity index is 1.89. The van der Waals surface area contributed by atoms with Crippen molar-refractivity contribution >= 4 is 5.91 Å². The van der Waals surface area contributed by atoms with Gasteiger partial charge in [0.15, 0.2) is 0 Å². The predicted molar refractivity (Wildman–Crippen MR) is 72.0 cm³/mol. The Morgan fingerprint density at radius 2 is 1.84 bits per heavy atom. The van der Waals surface area contributed by atoms with E-state index in [-0.39, 0.29) is 30.0 Å². The fraction of sp³-hybridized carbons (Fsp3) is 0.500. The monoisotopic (exact) mass is 264 g/mol. The summed E-state index contributed by atoms with van der Waals surface area (Å²) in [6, 6.07) is 4.34. The van der Waals surface area contributed by atoms with Crippen LogP contribution in [0.2, 0.25) is 0 Å². The van der Waals surface area contributed by atoms with E-state index in [1.807, 2.05) is 11.8 Å². The Bertz CT molecular complexity index is 436. The fourth-order valence-corrected chi connectivity index (χ4v) is 2.30. The standard InChI is InChI=1S/C14H20N2O3/c1-10(11-6-12(17)8-13(18)7-11)15-9-14(19)16-4-2-3-5-16/h6-8,10,15,17-18H,2-5,9H2,1H3. The number of likely N-dealkylation sites (tertiary alicyclic amines) is 1. The SMILES string of the molecule is CC(NCC(=O)N1CCCC1)c1cc(O)cc(O)c1. The minimum atomic E-state index is -0.107. The van der Waals surface area contributed by atoms with Crippen molar-refractivity contribution in [3.8, 4) is 11.5 Å². The van der Waals surface area contributed by atoms with Crippen molar-refractivity contribution < 1.29 is 15.0 Å². The molecule has 5 nitrogen and oxygen atoms in total. The zero-order valence-electron chi connectivity index (χ0n) is 11.1. The van der Waals surface area contributed by atoms with Crippen LogP contribution in [0.5, 0.6) is 11.5 Å². The molecule has 1 aliphatic heterocycles. The van der Waals surface area contributed by atoms with Gasteiger partial charge in [0.25, 0.3) is 0 Å². The molecule has 1 saturated heterocycles. The fourth-order valence-electron chi connectivity index (χ4n) is 2.30. The highest BCUT2D eigenvalue weighted by molar-refractivity contribution is 5.78. The summed E-state index contributed by atoms with van der Waals surface area (Å²) in [5.74, 6) is 0.151. The van der Waals surface area contributed by atoms with Crippen LogP contribution in [-0.2, 0) is 4.79 Å². The van der Waals surface area contributed by atoms with Crippen molar-refractivity contribution in [2.75, 3.05) is 19.6 Å². The Labute approximate surface area is 112 Å². The number of hydrogen-bond acceptors (Lipinski definition) is 4. The Hall–Kier alpha value is -1.75. The second kappa shape index (κ2) is 5.93. The summed E-state index contributed by atoms with van der Waals surface area (Å²) in [6.07, 6.45) is 2.17. The highest BCUT2D eigenvalue weighted by atomic mass is 16.3. The Morgan fingerprint density at radius 1 is 1.26 bits per heavy atom. The minimum absolute atomic E-state index is 0.0227. The molecule has 104 valence electrons. The molecule has 0 bridgehead atoms. The molecular formula is C14H20N2O3. The van der Waals surface area contributed by atoms with E-state index >= 15 is 0 Å². The first-order valence-corrected chi connectivity index (χ1v) is 6.60. The van der Waals surface area contributed by atoms with Gasteiger partial charge in [-0.1, -0.05) is 0 Å². The molecular weight excluding hydrogens is 244 g/mol. The normalized spacial score (nSPS) is 16.6. The van der Waals surface area contributed by atoms with Crippen LogP contribution in [0.3, 0.4) is 0 Å². The zero-order chi connectivity index (χ0) is 13.8. The Kier molecular flexibility index (Phi) is 4.27. The number of amides is 1. The maximum absolute atomic E-state index is 11.9. The van der Waals surface area contributed by atoms with Gasteiger partial charge in [0.1, 0.15) is 11.5 Å². The number of nitrogens with zero attached hydrogens (tertiary/aromatic N) is 1. The van der Waals surface area contributed by atoms with E-state index in [1.165, 1.54) is 6.07 Å². The van der Waals surface area contributed by atoms with Gasteiger partial charge in [-0.2, -0.15) is 0 Å². The summed E-state index contributed by atoms with van der Waals surface area (Å²) in [4.78, 5) is 13.7. The number of aromatic hydroxyl groups is 2. The van der Waals surface area contributed by atoms with Crippen LogP contribution >= 0.6 is 0 Å². The number of benzene rings is 1. The van der Waals surface area contributed by atoms with E-state index in [1.54, 1.807) is 12.1 Å². The van der Waals surface area contributed by atoms with Gasteiger partial charge in [-0.25, -0.2) is 0 Å². The lowest BCUT2D eigenvalue weighted by Crippen LogP contribution is -2.37. The van der Waals surface area contributed by atoms with Crippen LogP contribution in [0.15, 0.2) is 18.2 Å². The molecule has 1 unspecified atom stereocenters. The third-order valence-corrected chi connectivity index (χ3v) is 3.44. The van der Waals surface area contributed by atoms with Gasteiger partial charge in [-0.15, -0.1) is 0 Å². The second-order valence-electron chi connectivity index (χ2n) is 4.97. The van der Waals surface area contributed by atoms with Crippen molar-refractivity contribution in [2.24, 2.45) is 0 Å². The summed E-state index contributed by atoms with van der Waals surface area (Å²) in [5.41, 5.74) is 0.756. The van der Waals surface area contributed by atoms with E-state index in [0.29, 0.717) is 0 Å². The molecule has 0 aliphatic carbocycles. The van der Waals surface area contributed by atoms with Crippen molar-refractivity contribution in [1.82, 2.24) is 10.2 Å². The summed E-state index contributed by atoms with van der Waals surface area (Å²) in [7, 11) is 0. The largest absolute Gasteiger partial charge is 0.508 e. The van der Waals surface area contributed by atoms with Crippen molar-refractivity contribution in [2.45, 2.75) is 25.8 Å². The number of hydrogen-bond donors (Lipinski definition) is 3. The van der Waals surface area contributed by atoms with Crippen LogP contribution in [0.1, 0.15) is 31.4 Å². The molecule has 1 amide bonds. The van der Waals surface area contributed by atoms with Crippen molar-refractivity contribution in [3.63, 3.8) is 0 Å². The molecule has 0 aromatic heterocycles. The third-order valence-electron chi connectivity index (χ3n) is 3.44. The maximum Gasteiger partial charge on any atom is 0.236 e. The van der Waals surface area contributed by atoms with Gasteiger partial charge in [0.05, 0.1) is 6.54 Å². The van der Waals surface area contributed by atoms with Gasteiger partial charge >= 0.3 is 0 Å². The molecule has 0 saturated carbocycles. The molecule has 3 N–H and O–H groups in total. The number of phenolic OH excluding ortho intramolecular Hbond substituents is 2. The first-order valence-electron chi connectivity index (χ1n) is 6.60.